The number of halogens is 1. The second kappa shape index (κ2) is 5.08. The summed E-state index contributed by atoms with van der Waals surface area (Å²) in [6.45, 7) is 1.69. The topological polar surface area (TPSA) is 27.7 Å². The number of fused-ring (bicyclic) bond motifs is 1. The molecule has 0 N–H and O–H groups in total. The van der Waals surface area contributed by atoms with Crippen LogP contribution >= 0.6 is 22.9 Å². The van der Waals surface area contributed by atoms with Gasteiger partial charge < -0.3 is 14.2 Å². The summed E-state index contributed by atoms with van der Waals surface area (Å²) in [4.78, 5) is 1.09. The van der Waals surface area contributed by atoms with Crippen molar-refractivity contribution in [3.8, 4) is 17.2 Å². The van der Waals surface area contributed by atoms with Crippen LogP contribution in [0.3, 0.4) is 0 Å². The Balaban J connectivity index is 1.69. The Kier molecular flexibility index (Phi) is 3.30. The van der Waals surface area contributed by atoms with Crippen molar-refractivity contribution in [2.75, 3.05) is 13.2 Å². The first-order valence-corrected chi connectivity index (χ1v) is 6.77. The smallest absolute Gasteiger partial charge is 0.165 e. The molecule has 1 aliphatic heterocycles. The summed E-state index contributed by atoms with van der Waals surface area (Å²) in [6.07, 6.45) is 0. The van der Waals surface area contributed by atoms with Crippen LogP contribution in [0, 0.1) is 0 Å². The monoisotopic (exact) mass is 282 g/mol. The predicted molar refractivity (Wildman–Crippen MR) is 71.1 cm³/mol. The normalized spacial score (nSPS) is 13.4. The third kappa shape index (κ3) is 2.54. The van der Waals surface area contributed by atoms with Crippen LogP contribution in [0.4, 0.5) is 0 Å². The molecule has 3 rings (SSSR count). The Hall–Kier alpha value is -1.39. The van der Waals surface area contributed by atoms with Gasteiger partial charge in [-0.05, 0) is 24.3 Å². The highest BCUT2D eigenvalue weighted by Gasteiger charge is 2.12. The first-order valence-electron chi connectivity index (χ1n) is 5.58. The molecule has 0 unspecified atom stereocenters. The molecule has 0 spiro atoms. The van der Waals surface area contributed by atoms with Crippen molar-refractivity contribution in [2.45, 2.75) is 6.61 Å². The van der Waals surface area contributed by atoms with Crippen molar-refractivity contribution >= 4 is 22.9 Å². The van der Waals surface area contributed by atoms with Crippen LogP contribution in [0.5, 0.6) is 17.2 Å². The van der Waals surface area contributed by atoms with Crippen LogP contribution in [0.25, 0.3) is 0 Å². The van der Waals surface area contributed by atoms with Crippen LogP contribution in [0.2, 0.25) is 4.34 Å². The Labute approximate surface area is 114 Å². The minimum Gasteiger partial charge on any atom is -0.488 e. The van der Waals surface area contributed by atoms with Crippen LogP contribution < -0.4 is 14.2 Å². The maximum atomic E-state index is 5.86. The number of hydrogen-bond donors (Lipinski definition) is 0. The molecule has 0 amide bonds. The first kappa shape index (κ1) is 11.7. The molecule has 3 nitrogen and oxygen atoms in total. The van der Waals surface area contributed by atoms with E-state index in [1.807, 2.05) is 30.3 Å². The van der Waals surface area contributed by atoms with E-state index < -0.39 is 0 Å². The molecule has 18 heavy (non-hydrogen) atoms. The minimum atomic E-state index is 0.511. The molecule has 0 bridgehead atoms. The summed E-state index contributed by atoms with van der Waals surface area (Å²) in [6, 6.07) is 9.43. The van der Waals surface area contributed by atoms with Gasteiger partial charge in [0.1, 0.15) is 25.6 Å². The van der Waals surface area contributed by atoms with Gasteiger partial charge in [0, 0.05) is 10.9 Å². The molecule has 2 aromatic rings. The molecule has 1 aromatic heterocycles. The largest absolute Gasteiger partial charge is 0.488 e. The van der Waals surface area contributed by atoms with Crippen molar-refractivity contribution in [3.05, 3.63) is 39.5 Å². The maximum Gasteiger partial charge on any atom is 0.165 e. The number of benzene rings is 1. The van der Waals surface area contributed by atoms with Crippen molar-refractivity contribution in [1.82, 2.24) is 0 Å². The third-order valence-corrected chi connectivity index (χ3v) is 3.73. The zero-order valence-electron chi connectivity index (χ0n) is 9.52. The van der Waals surface area contributed by atoms with Crippen LogP contribution in [-0.2, 0) is 6.61 Å². The average Bonchev–Trinajstić information content (AvgIpc) is 2.82. The molecular formula is C13H11ClO3S. The highest BCUT2D eigenvalue weighted by Crippen LogP contribution is 2.34. The molecule has 0 atom stereocenters. The van der Waals surface area contributed by atoms with Crippen LogP contribution in [0.15, 0.2) is 30.3 Å². The lowest BCUT2D eigenvalue weighted by atomic mass is 10.3. The summed E-state index contributed by atoms with van der Waals surface area (Å²) >= 11 is 7.38. The van der Waals surface area contributed by atoms with E-state index in [2.05, 4.69) is 0 Å². The van der Waals surface area contributed by atoms with Crippen molar-refractivity contribution in [3.63, 3.8) is 0 Å². The summed E-state index contributed by atoms with van der Waals surface area (Å²) in [5.74, 6) is 2.28. The highest BCUT2D eigenvalue weighted by molar-refractivity contribution is 7.16. The molecule has 0 saturated heterocycles. The highest BCUT2D eigenvalue weighted by atomic mass is 35.5. The fourth-order valence-electron chi connectivity index (χ4n) is 1.70. The van der Waals surface area contributed by atoms with E-state index in [1.54, 1.807) is 0 Å². The first-order chi connectivity index (χ1) is 8.81. The lowest BCUT2D eigenvalue weighted by molar-refractivity contribution is 0.170. The Morgan fingerprint density at radius 3 is 2.72 bits per heavy atom. The fraction of sp³-hybridized carbons (Fsp3) is 0.231. The molecule has 1 aliphatic rings. The Morgan fingerprint density at radius 1 is 1.11 bits per heavy atom. The molecule has 1 aromatic carbocycles. The number of rotatable bonds is 3. The van der Waals surface area contributed by atoms with Crippen LogP contribution in [-0.4, -0.2) is 13.2 Å². The van der Waals surface area contributed by atoms with Gasteiger partial charge in [0.15, 0.2) is 11.5 Å². The number of hydrogen-bond acceptors (Lipinski definition) is 4. The molecule has 2 heterocycles. The third-order valence-electron chi connectivity index (χ3n) is 2.52. The van der Waals surface area contributed by atoms with E-state index in [0.717, 1.165) is 26.5 Å². The summed E-state index contributed by atoms with van der Waals surface area (Å²) in [5.41, 5.74) is 0. The van der Waals surface area contributed by atoms with Crippen LogP contribution in [0.1, 0.15) is 4.88 Å². The predicted octanol–water partition coefficient (Wildman–Crippen LogP) is 3.75. The number of thiophene rings is 1. The summed E-state index contributed by atoms with van der Waals surface area (Å²) in [7, 11) is 0. The summed E-state index contributed by atoms with van der Waals surface area (Å²) in [5, 5.41) is 0. The van der Waals surface area contributed by atoms with Gasteiger partial charge in [0.25, 0.3) is 0 Å². The molecule has 0 fully saturated rings. The van der Waals surface area contributed by atoms with E-state index in [4.69, 9.17) is 25.8 Å². The van der Waals surface area contributed by atoms with E-state index in [9.17, 15) is 0 Å². The zero-order chi connectivity index (χ0) is 12.4. The van der Waals surface area contributed by atoms with Crippen molar-refractivity contribution < 1.29 is 14.2 Å². The average molecular weight is 283 g/mol. The van der Waals surface area contributed by atoms with Crippen molar-refractivity contribution in [1.29, 1.82) is 0 Å². The standard InChI is InChI=1S/C13H11ClO3S/c14-13-4-2-10(18-13)8-17-9-1-3-11-12(7-9)16-6-5-15-11/h1-4,7H,5-6,8H2. The number of ether oxygens (including phenoxy) is 3. The lowest BCUT2D eigenvalue weighted by Crippen LogP contribution is -2.15. The Morgan fingerprint density at radius 2 is 1.94 bits per heavy atom. The quantitative estimate of drug-likeness (QED) is 0.858. The summed E-state index contributed by atoms with van der Waals surface area (Å²) < 4.78 is 17.4. The molecular weight excluding hydrogens is 272 g/mol. The minimum absolute atomic E-state index is 0.511. The molecule has 0 aliphatic carbocycles. The Bertz CT molecular complexity index is 553. The molecule has 0 saturated carbocycles. The van der Waals surface area contributed by atoms with E-state index in [-0.39, 0.29) is 0 Å². The molecule has 5 heteroatoms. The van der Waals surface area contributed by atoms with Gasteiger partial charge in [0.2, 0.25) is 0 Å². The zero-order valence-corrected chi connectivity index (χ0v) is 11.1. The fourth-order valence-corrected chi connectivity index (χ4v) is 2.70. The van der Waals surface area contributed by atoms with Gasteiger partial charge in [0.05, 0.1) is 4.34 Å². The maximum absolute atomic E-state index is 5.86. The van der Waals surface area contributed by atoms with Gasteiger partial charge in [-0.15, -0.1) is 11.3 Å². The molecule has 0 radical (unpaired) electrons. The molecule has 94 valence electrons. The van der Waals surface area contributed by atoms with Gasteiger partial charge in [-0.2, -0.15) is 0 Å². The SMILES string of the molecule is Clc1ccc(COc2ccc3c(c2)OCCO3)s1. The van der Waals surface area contributed by atoms with Gasteiger partial charge in [-0.1, -0.05) is 11.6 Å². The van der Waals surface area contributed by atoms with Gasteiger partial charge in [-0.3, -0.25) is 0 Å². The van der Waals surface area contributed by atoms with E-state index in [0.29, 0.717) is 19.8 Å². The lowest BCUT2D eigenvalue weighted by Gasteiger charge is -2.18. The van der Waals surface area contributed by atoms with Crippen molar-refractivity contribution in [2.24, 2.45) is 0 Å². The second-order valence-corrected chi connectivity index (χ2v) is 5.60. The van der Waals surface area contributed by atoms with E-state index in [1.165, 1.54) is 11.3 Å². The van der Waals surface area contributed by atoms with Gasteiger partial charge in [-0.25, -0.2) is 0 Å². The van der Waals surface area contributed by atoms with Gasteiger partial charge >= 0.3 is 0 Å². The van der Waals surface area contributed by atoms with E-state index >= 15 is 0 Å². The second-order valence-electron chi connectivity index (χ2n) is 3.80.